The molecule has 96 valence electrons. The lowest BCUT2D eigenvalue weighted by molar-refractivity contribution is -0.126. The van der Waals surface area contributed by atoms with E-state index in [-0.39, 0.29) is 18.2 Å². The van der Waals surface area contributed by atoms with Crippen LogP contribution in [0.3, 0.4) is 0 Å². The minimum atomic E-state index is -0.371. The maximum atomic E-state index is 11.5. The van der Waals surface area contributed by atoms with E-state index in [1.807, 2.05) is 0 Å². The maximum Gasteiger partial charge on any atom is 0.233 e. The second-order valence-electron chi connectivity index (χ2n) is 3.55. The fourth-order valence-electron chi connectivity index (χ4n) is 1.30. The van der Waals surface area contributed by atoms with Gasteiger partial charge < -0.3 is 15.4 Å². The summed E-state index contributed by atoms with van der Waals surface area (Å²) in [4.78, 5) is 22.8. The first-order chi connectivity index (χ1) is 8.65. The van der Waals surface area contributed by atoms with Crippen molar-refractivity contribution >= 4 is 17.5 Å². The van der Waals surface area contributed by atoms with Crippen molar-refractivity contribution in [2.24, 2.45) is 0 Å². The summed E-state index contributed by atoms with van der Waals surface area (Å²) in [6.07, 6.45) is 1.34. The van der Waals surface area contributed by atoms with E-state index < -0.39 is 0 Å². The molecule has 0 atom stereocenters. The van der Waals surface area contributed by atoms with Crippen molar-refractivity contribution in [1.29, 1.82) is 0 Å². The van der Waals surface area contributed by atoms with Crippen molar-refractivity contribution in [1.82, 2.24) is 5.32 Å². The molecule has 0 radical (unpaired) electrons. The number of benzene rings is 1. The average Bonchev–Trinajstić information content (AvgIpc) is 2.36. The van der Waals surface area contributed by atoms with E-state index in [9.17, 15) is 9.59 Å². The highest BCUT2D eigenvalue weighted by Gasteiger charge is 2.08. The Hall–Kier alpha value is -2.30. The molecule has 5 heteroatoms. The van der Waals surface area contributed by atoms with Crippen molar-refractivity contribution < 1.29 is 14.3 Å². The molecular formula is C13H16N2O3. The quantitative estimate of drug-likeness (QED) is 0.589. The van der Waals surface area contributed by atoms with Crippen LogP contribution in [0.4, 0.5) is 5.69 Å². The van der Waals surface area contributed by atoms with Crippen molar-refractivity contribution in [3.63, 3.8) is 0 Å². The number of nitrogens with one attached hydrogen (secondary N) is 2. The topological polar surface area (TPSA) is 67.4 Å². The smallest absolute Gasteiger partial charge is 0.233 e. The Morgan fingerprint density at radius 3 is 2.83 bits per heavy atom. The first-order valence-electron chi connectivity index (χ1n) is 5.47. The minimum Gasteiger partial charge on any atom is -0.497 e. The van der Waals surface area contributed by atoms with Crippen molar-refractivity contribution in [2.75, 3.05) is 19.0 Å². The van der Waals surface area contributed by atoms with Crippen LogP contribution in [-0.2, 0) is 9.59 Å². The number of anilines is 1. The molecule has 1 aromatic rings. The monoisotopic (exact) mass is 248 g/mol. The van der Waals surface area contributed by atoms with Gasteiger partial charge in [-0.05, 0) is 12.1 Å². The van der Waals surface area contributed by atoms with Crippen LogP contribution in [0.25, 0.3) is 0 Å². The van der Waals surface area contributed by atoms with Crippen LogP contribution >= 0.6 is 0 Å². The molecule has 0 aliphatic rings. The summed E-state index contributed by atoms with van der Waals surface area (Å²) in [7, 11) is 1.55. The largest absolute Gasteiger partial charge is 0.497 e. The highest BCUT2D eigenvalue weighted by atomic mass is 16.5. The summed E-state index contributed by atoms with van der Waals surface area (Å²) in [6.45, 7) is 3.82. The molecule has 0 aromatic heterocycles. The summed E-state index contributed by atoms with van der Waals surface area (Å²) in [6, 6.07) is 6.93. The normalized spacial score (nSPS) is 9.39. The third kappa shape index (κ3) is 4.69. The summed E-state index contributed by atoms with van der Waals surface area (Å²) < 4.78 is 5.03. The van der Waals surface area contributed by atoms with Gasteiger partial charge in [0.1, 0.15) is 12.2 Å². The molecule has 0 aliphatic carbocycles. The van der Waals surface area contributed by atoms with Gasteiger partial charge in [-0.25, -0.2) is 0 Å². The molecule has 5 nitrogen and oxygen atoms in total. The van der Waals surface area contributed by atoms with E-state index in [1.54, 1.807) is 37.5 Å². The minimum absolute atomic E-state index is 0.217. The molecule has 1 aromatic carbocycles. The van der Waals surface area contributed by atoms with E-state index in [0.717, 1.165) is 0 Å². The van der Waals surface area contributed by atoms with Crippen LogP contribution in [-0.4, -0.2) is 25.5 Å². The first-order valence-corrected chi connectivity index (χ1v) is 5.47. The molecule has 0 saturated heterocycles. The number of rotatable bonds is 6. The van der Waals surface area contributed by atoms with E-state index in [4.69, 9.17) is 4.74 Å². The molecule has 1 rings (SSSR count). The summed E-state index contributed by atoms with van der Waals surface area (Å²) in [5.74, 6) is -0.0657. The zero-order valence-corrected chi connectivity index (χ0v) is 10.2. The van der Waals surface area contributed by atoms with Gasteiger partial charge in [0.2, 0.25) is 11.8 Å². The SMILES string of the molecule is C=CCNC(=O)CC(=O)Nc1cccc(OC)c1. The van der Waals surface area contributed by atoms with Gasteiger partial charge in [-0.1, -0.05) is 12.1 Å². The zero-order valence-electron chi connectivity index (χ0n) is 10.2. The van der Waals surface area contributed by atoms with Gasteiger partial charge in [0.05, 0.1) is 7.11 Å². The predicted octanol–water partition coefficient (Wildman–Crippen LogP) is 1.33. The van der Waals surface area contributed by atoms with Crippen molar-refractivity contribution in [3.8, 4) is 5.75 Å². The van der Waals surface area contributed by atoms with Crippen LogP contribution in [0.2, 0.25) is 0 Å². The molecule has 18 heavy (non-hydrogen) atoms. The Balaban J connectivity index is 2.48. The number of hydrogen-bond acceptors (Lipinski definition) is 3. The Morgan fingerprint density at radius 2 is 2.17 bits per heavy atom. The molecule has 0 spiro atoms. The van der Waals surface area contributed by atoms with Crippen molar-refractivity contribution in [2.45, 2.75) is 6.42 Å². The Kier molecular flexibility index (Phi) is 5.44. The Labute approximate surface area is 106 Å². The van der Waals surface area contributed by atoms with E-state index >= 15 is 0 Å². The lowest BCUT2D eigenvalue weighted by Gasteiger charge is -2.07. The summed E-state index contributed by atoms with van der Waals surface area (Å²) in [5.41, 5.74) is 0.593. The molecule has 0 bridgehead atoms. The zero-order chi connectivity index (χ0) is 13.4. The molecule has 2 N–H and O–H groups in total. The second-order valence-corrected chi connectivity index (χ2v) is 3.55. The van der Waals surface area contributed by atoms with Gasteiger partial charge in [-0.3, -0.25) is 9.59 Å². The fourth-order valence-corrected chi connectivity index (χ4v) is 1.30. The van der Waals surface area contributed by atoms with E-state index in [2.05, 4.69) is 17.2 Å². The number of ether oxygens (including phenoxy) is 1. The van der Waals surface area contributed by atoms with Crippen LogP contribution in [0, 0.1) is 0 Å². The van der Waals surface area contributed by atoms with Gasteiger partial charge in [0.25, 0.3) is 0 Å². The third-order valence-corrected chi connectivity index (χ3v) is 2.12. The van der Waals surface area contributed by atoms with E-state index in [1.165, 1.54) is 0 Å². The van der Waals surface area contributed by atoms with Crippen LogP contribution in [0.5, 0.6) is 5.75 Å². The van der Waals surface area contributed by atoms with Gasteiger partial charge in [0.15, 0.2) is 0 Å². The second kappa shape index (κ2) is 7.11. The van der Waals surface area contributed by atoms with Gasteiger partial charge in [0, 0.05) is 18.3 Å². The summed E-state index contributed by atoms with van der Waals surface area (Å²) >= 11 is 0. The van der Waals surface area contributed by atoms with Crippen molar-refractivity contribution in [3.05, 3.63) is 36.9 Å². The van der Waals surface area contributed by atoms with Gasteiger partial charge in [-0.15, -0.1) is 6.58 Å². The lowest BCUT2D eigenvalue weighted by atomic mass is 10.3. The predicted molar refractivity (Wildman–Crippen MR) is 69.4 cm³/mol. The molecule has 0 heterocycles. The summed E-state index contributed by atoms with van der Waals surface area (Å²) in [5, 5.41) is 5.15. The number of carbonyl (C=O) groups is 2. The van der Waals surface area contributed by atoms with Gasteiger partial charge >= 0.3 is 0 Å². The highest BCUT2D eigenvalue weighted by molar-refractivity contribution is 6.03. The molecular weight excluding hydrogens is 232 g/mol. The van der Waals surface area contributed by atoms with Gasteiger partial charge in [-0.2, -0.15) is 0 Å². The molecule has 0 saturated carbocycles. The third-order valence-electron chi connectivity index (χ3n) is 2.12. The van der Waals surface area contributed by atoms with Crippen LogP contribution in [0.1, 0.15) is 6.42 Å². The number of methoxy groups -OCH3 is 1. The highest BCUT2D eigenvalue weighted by Crippen LogP contribution is 2.16. The Morgan fingerprint density at radius 1 is 1.39 bits per heavy atom. The molecule has 0 fully saturated rings. The molecule has 0 unspecified atom stereocenters. The number of hydrogen-bond donors (Lipinski definition) is 2. The average molecular weight is 248 g/mol. The molecule has 2 amide bonds. The standard InChI is InChI=1S/C13H16N2O3/c1-3-7-14-12(16)9-13(17)15-10-5-4-6-11(8-10)18-2/h3-6,8H,1,7,9H2,2H3,(H,14,16)(H,15,17). The van der Waals surface area contributed by atoms with E-state index in [0.29, 0.717) is 18.0 Å². The lowest BCUT2D eigenvalue weighted by Crippen LogP contribution is -2.28. The number of amides is 2. The van der Waals surface area contributed by atoms with Crippen LogP contribution < -0.4 is 15.4 Å². The maximum absolute atomic E-state index is 11.5. The fraction of sp³-hybridized carbons (Fsp3) is 0.231. The first kappa shape index (κ1) is 13.8. The number of carbonyl (C=O) groups excluding carboxylic acids is 2. The van der Waals surface area contributed by atoms with Crippen LogP contribution in [0.15, 0.2) is 36.9 Å². The Bertz CT molecular complexity index is 444. The molecule has 0 aliphatic heterocycles.